The molecular weight excluding hydrogens is 214 g/mol. The molecule has 0 amide bonds. The van der Waals surface area contributed by atoms with Gasteiger partial charge in [0.05, 0.1) is 0 Å². The number of aliphatic carboxylic acids is 1. The van der Waals surface area contributed by atoms with E-state index in [-0.39, 0.29) is 0 Å². The van der Waals surface area contributed by atoms with Crippen LogP contribution in [0.15, 0.2) is 30.3 Å². The van der Waals surface area contributed by atoms with Gasteiger partial charge in [-0.3, -0.25) is 0 Å². The fraction of sp³-hybridized carbons (Fsp3) is 0.357. The Balaban J connectivity index is 2.70. The molecule has 0 unspecified atom stereocenters. The van der Waals surface area contributed by atoms with Crippen LogP contribution in [-0.2, 0) is 4.79 Å². The average Bonchev–Trinajstić information content (AvgIpc) is 2.26. The van der Waals surface area contributed by atoms with Crippen molar-refractivity contribution >= 4 is 17.7 Å². The van der Waals surface area contributed by atoms with Crippen molar-refractivity contribution in [2.45, 2.75) is 13.8 Å². The van der Waals surface area contributed by atoms with Crippen LogP contribution in [0.1, 0.15) is 19.4 Å². The molecule has 0 bridgehead atoms. The molecule has 0 fully saturated rings. The van der Waals surface area contributed by atoms with E-state index in [0.717, 1.165) is 23.9 Å². The molecule has 0 aliphatic carbocycles. The summed E-state index contributed by atoms with van der Waals surface area (Å²) in [5, 5.41) is 8.52. The smallest absolute Gasteiger partial charge is 0.328 e. The van der Waals surface area contributed by atoms with Gasteiger partial charge in [-0.05, 0) is 29.7 Å². The summed E-state index contributed by atoms with van der Waals surface area (Å²) in [6.07, 6.45) is 2.74. The van der Waals surface area contributed by atoms with Crippen molar-refractivity contribution < 1.29 is 9.90 Å². The predicted molar refractivity (Wildman–Crippen MR) is 71.2 cm³/mol. The van der Waals surface area contributed by atoms with E-state index in [1.807, 2.05) is 24.3 Å². The van der Waals surface area contributed by atoms with E-state index in [0.29, 0.717) is 5.92 Å². The van der Waals surface area contributed by atoms with Gasteiger partial charge in [-0.2, -0.15) is 0 Å². The van der Waals surface area contributed by atoms with Crippen LogP contribution in [0.5, 0.6) is 0 Å². The van der Waals surface area contributed by atoms with Crippen LogP contribution in [0.2, 0.25) is 0 Å². The maximum absolute atomic E-state index is 10.4. The van der Waals surface area contributed by atoms with Crippen LogP contribution in [0, 0.1) is 5.92 Å². The van der Waals surface area contributed by atoms with Gasteiger partial charge in [0.1, 0.15) is 0 Å². The molecule has 0 heterocycles. The van der Waals surface area contributed by atoms with Crippen molar-refractivity contribution in [2.75, 3.05) is 18.5 Å². The van der Waals surface area contributed by atoms with E-state index in [1.54, 1.807) is 6.08 Å². The second-order valence-corrected chi connectivity index (χ2v) is 4.54. The highest BCUT2D eigenvalue weighted by Gasteiger charge is 2.02. The Hall–Kier alpha value is -1.77. The van der Waals surface area contributed by atoms with Crippen LogP contribution < -0.4 is 4.90 Å². The topological polar surface area (TPSA) is 40.5 Å². The van der Waals surface area contributed by atoms with Crippen molar-refractivity contribution in [3.05, 3.63) is 35.9 Å². The van der Waals surface area contributed by atoms with Gasteiger partial charge in [-0.15, -0.1) is 0 Å². The molecule has 3 heteroatoms. The normalized spacial score (nSPS) is 11.1. The van der Waals surface area contributed by atoms with E-state index in [4.69, 9.17) is 5.11 Å². The van der Waals surface area contributed by atoms with Gasteiger partial charge in [0.15, 0.2) is 0 Å². The molecule has 0 aliphatic heterocycles. The monoisotopic (exact) mass is 233 g/mol. The lowest BCUT2D eigenvalue weighted by Gasteiger charge is -2.21. The minimum Gasteiger partial charge on any atom is -0.478 e. The molecule has 0 aliphatic rings. The number of benzene rings is 1. The Morgan fingerprint density at radius 1 is 1.35 bits per heavy atom. The molecule has 1 aromatic rings. The number of hydrogen-bond acceptors (Lipinski definition) is 2. The Morgan fingerprint density at radius 3 is 2.41 bits per heavy atom. The van der Waals surface area contributed by atoms with Crippen LogP contribution in [0.25, 0.3) is 6.08 Å². The quantitative estimate of drug-likeness (QED) is 0.795. The van der Waals surface area contributed by atoms with Crippen molar-refractivity contribution in [1.29, 1.82) is 0 Å². The molecule has 0 radical (unpaired) electrons. The Labute approximate surface area is 102 Å². The Kier molecular flexibility index (Phi) is 4.76. The summed E-state index contributed by atoms with van der Waals surface area (Å²) in [4.78, 5) is 12.6. The third-order valence-electron chi connectivity index (χ3n) is 2.39. The summed E-state index contributed by atoms with van der Waals surface area (Å²) in [6.45, 7) is 5.37. The SMILES string of the molecule is CC(C)CN(C)c1ccc(/C=C/C(=O)O)cc1. The molecule has 17 heavy (non-hydrogen) atoms. The van der Waals surface area contributed by atoms with E-state index >= 15 is 0 Å². The first-order valence-electron chi connectivity index (χ1n) is 5.71. The molecule has 92 valence electrons. The summed E-state index contributed by atoms with van der Waals surface area (Å²) >= 11 is 0. The van der Waals surface area contributed by atoms with Crippen LogP contribution in [0.4, 0.5) is 5.69 Å². The molecule has 0 saturated heterocycles. The van der Waals surface area contributed by atoms with Crippen molar-refractivity contribution in [1.82, 2.24) is 0 Å². The standard InChI is InChI=1S/C14H19NO2/c1-11(2)10-15(3)13-7-4-12(5-8-13)6-9-14(16)17/h4-9,11H,10H2,1-3H3,(H,16,17)/b9-6+. The number of carbonyl (C=O) groups is 1. The van der Waals surface area contributed by atoms with E-state index in [9.17, 15) is 4.79 Å². The third kappa shape index (κ3) is 4.72. The maximum Gasteiger partial charge on any atom is 0.328 e. The maximum atomic E-state index is 10.4. The predicted octanol–water partition coefficient (Wildman–Crippen LogP) is 2.88. The van der Waals surface area contributed by atoms with Gasteiger partial charge in [0, 0.05) is 25.4 Å². The zero-order valence-corrected chi connectivity index (χ0v) is 10.6. The number of hydrogen-bond donors (Lipinski definition) is 1. The lowest BCUT2D eigenvalue weighted by Crippen LogP contribution is -2.22. The highest BCUT2D eigenvalue weighted by molar-refractivity contribution is 5.85. The van der Waals surface area contributed by atoms with Crippen molar-refractivity contribution in [3.63, 3.8) is 0 Å². The fourth-order valence-corrected chi connectivity index (χ4v) is 1.66. The Morgan fingerprint density at radius 2 is 1.94 bits per heavy atom. The van der Waals surface area contributed by atoms with Gasteiger partial charge in [0.2, 0.25) is 0 Å². The number of carboxylic acid groups (broad SMARTS) is 1. The second-order valence-electron chi connectivity index (χ2n) is 4.54. The number of carboxylic acids is 1. The molecule has 0 aromatic heterocycles. The molecule has 1 N–H and O–H groups in total. The van der Waals surface area contributed by atoms with Crippen molar-refractivity contribution in [3.8, 4) is 0 Å². The minimum atomic E-state index is -0.925. The van der Waals surface area contributed by atoms with Crippen LogP contribution in [0.3, 0.4) is 0 Å². The summed E-state index contributed by atoms with van der Waals surface area (Å²) in [6, 6.07) is 7.85. The van der Waals surface area contributed by atoms with E-state index in [2.05, 4.69) is 25.8 Å². The summed E-state index contributed by atoms with van der Waals surface area (Å²) in [5.74, 6) is -0.308. The molecule has 3 nitrogen and oxygen atoms in total. The summed E-state index contributed by atoms with van der Waals surface area (Å²) in [5.41, 5.74) is 2.04. The fourth-order valence-electron chi connectivity index (χ4n) is 1.66. The number of rotatable bonds is 5. The minimum absolute atomic E-state index is 0.617. The summed E-state index contributed by atoms with van der Waals surface area (Å²) < 4.78 is 0. The summed E-state index contributed by atoms with van der Waals surface area (Å²) in [7, 11) is 2.06. The Bertz CT molecular complexity index is 393. The first kappa shape index (κ1) is 13.3. The molecule has 0 saturated carbocycles. The number of anilines is 1. The van der Waals surface area contributed by atoms with Gasteiger partial charge in [-0.25, -0.2) is 4.79 Å². The zero-order chi connectivity index (χ0) is 12.8. The molecule has 1 aromatic carbocycles. The van der Waals surface area contributed by atoms with Crippen molar-refractivity contribution in [2.24, 2.45) is 5.92 Å². The zero-order valence-electron chi connectivity index (χ0n) is 10.6. The highest BCUT2D eigenvalue weighted by atomic mass is 16.4. The number of nitrogens with zero attached hydrogens (tertiary/aromatic N) is 1. The second kappa shape index (κ2) is 6.09. The molecule has 0 atom stereocenters. The van der Waals surface area contributed by atoms with Gasteiger partial charge in [-0.1, -0.05) is 26.0 Å². The first-order valence-corrected chi connectivity index (χ1v) is 5.71. The van der Waals surface area contributed by atoms with E-state index in [1.165, 1.54) is 0 Å². The van der Waals surface area contributed by atoms with Gasteiger partial charge >= 0.3 is 5.97 Å². The van der Waals surface area contributed by atoms with Gasteiger partial charge in [0.25, 0.3) is 0 Å². The van der Waals surface area contributed by atoms with Crippen LogP contribution >= 0.6 is 0 Å². The molecule has 1 rings (SSSR count). The lowest BCUT2D eigenvalue weighted by atomic mass is 10.1. The van der Waals surface area contributed by atoms with Crippen LogP contribution in [-0.4, -0.2) is 24.7 Å². The molecule has 0 spiro atoms. The largest absolute Gasteiger partial charge is 0.478 e. The highest BCUT2D eigenvalue weighted by Crippen LogP contribution is 2.15. The average molecular weight is 233 g/mol. The third-order valence-corrected chi connectivity index (χ3v) is 2.39. The van der Waals surface area contributed by atoms with E-state index < -0.39 is 5.97 Å². The molecular formula is C14H19NO2. The lowest BCUT2D eigenvalue weighted by molar-refractivity contribution is -0.131. The first-order chi connectivity index (χ1) is 7.99. The van der Waals surface area contributed by atoms with Gasteiger partial charge < -0.3 is 10.0 Å².